The van der Waals surface area contributed by atoms with Crippen molar-refractivity contribution in [3.8, 4) is 0 Å². The summed E-state index contributed by atoms with van der Waals surface area (Å²) in [5.41, 5.74) is 1.59. The number of amides is 2. The van der Waals surface area contributed by atoms with Crippen LogP contribution in [0.4, 0.5) is 0 Å². The summed E-state index contributed by atoms with van der Waals surface area (Å²) < 4.78 is 0. The van der Waals surface area contributed by atoms with E-state index in [1.54, 1.807) is 6.20 Å². The molecule has 1 saturated carbocycles. The molecule has 0 aliphatic heterocycles. The minimum absolute atomic E-state index is 0.0106. The topological polar surface area (TPSA) is 75.2 Å². The Bertz CT molecular complexity index is 742. The molecule has 1 aliphatic rings. The molecular weight excluding hydrogens is 388 g/mol. The van der Waals surface area contributed by atoms with Gasteiger partial charge < -0.3 is 10.2 Å². The molecule has 2 rings (SSSR count). The van der Waals surface area contributed by atoms with E-state index in [9.17, 15) is 9.59 Å². The molecule has 0 spiro atoms. The summed E-state index contributed by atoms with van der Waals surface area (Å²) >= 11 is 0. The van der Waals surface area contributed by atoms with Crippen LogP contribution in [0.25, 0.3) is 0 Å². The lowest BCUT2D eigenvalue weighted by molar-refractivity contribution is -0.123. The summed E-state index contributed by atoms with van der Waals surface area (Å²) in [6.07, 6.45) is 6.37. The molecule has 0 saturated heterocycles. The monoisotopic (exact) mass is 430 g/mol. The Morgan fingerprint density at radius 1 is 1.13 bits per heavy atom. The highest BCUT2D eigenvalue weighted by Gasteiger charge is 2.29. The van der Waals surface area contributed by atoms with E-state index in [-0.39, 0.29) is 29.1 Å². The second-order valence-electron chi connectivity index (χ2n) is 10.4. The second kappa shape index (κ2) is 11.1. The summed E-state index contributed by atoms with van der Waals surface area (Å²) in [7, 11) is 0. The first-order valence-corrected chi connectivity index (χ1v) is 12.0. The molecule has 2 amide bonds. The van der Waals surface area contributed by atoms with Crippen molar-refractivity contribution < 1.29 is 9.59 Å². The van der Waals surface area contributed by atoms with Gasteiger partial charge in [0.1, 0.15) is 5.82 Å². The van der Waals surface area contributed by atoms with Gasteiger partial charge in [0.15, 0.2) is 0 Å². The molecule has 174 valence electrons. The van der Waals surface area contributed by atoms with Crippen molar-refractivity contribution in [2.45, 2.75) is 92.4 Å². The van der Waals surface area contributed by atoms with Crippen LogP contribution < -0.4 is 5.32 Å². The van der Waals surface area contributed by atoms with E-state index in [1.165, 1.54) is 0 Å². The lowest BCUT2D eigenvalue weighted by Gasteiger charge is -2.30. The maximum Gasteiger partial charge on any atom is 0.257 e. The van der Waals surface area contributed by atoms with Crippen molar-refractivity contribution in [3.05, 3.63) is 23.3 Å². The van der Waals surface area contributed by atoms with Crippen molar-refractivity contribution in [1.29, 1.82) is 0 Å². The van der Waals surface area contributed by atoms with Crippen molar-refractivity contribution in [2.24, 2.45) is 11.3 Å². The Balaban J connectivity index is 2.08. The van der Waals surface area contributed by atoms with Gasteiger partial charge in [0, 0.05) is 44.1 Å². The average molecular weight is 431 g/mol. The summed E-state index contributed by atoms with van der Waals surface area (Å²) in [5, 5.41) is 3.12. The highest BCUT2D eigenvalue weighted by molar-refractivity contribution is 5.95. The fraction of sp³-hybridized carbons (Fsp3) is 0.760. The van der Waals surface area contributed by atoms with Crippen LogP contribution in [-0.4, -0.2) is 46.3 Å². The summed E-state index contributed by atoms with van der Waals surface area (Å²) in [6.45, 7) is 16.5. The maximum absolute atomic E-state index is 13.1. The van der Waals surface area contributed by atoms with Crippen molar-refractivity contribution in [1.82, 2.24) is 20.2 Å². The van der Waals surface area contributed by atoms with Crippen LogP contribution in [0.15, 0.2) is 6.20 Å². The molecule has 0 atom stereocenters. The zero-order valence-corrected chi connectivity index (χ0v) is 20.6. The molecule has 0 radical (unpaired) electrons. The molecule has 6 nitrogen and oxygen atoms in total. The summed E-state index contributed by atoms with van der Waals surface area (Å²) in [5.74, 6) is 1.98. The predicted molar refractivity (Wildman–Crippen MR) is 125 cm³/mol. The molecule has 0 bridgehead atoms. The largest absolute Gasteiger partial charge is 0.356 e. The third-order valence-electron chi connectivity index (χ3n) is 6.15. The van der Waals surface area contributed by atoms with E-state index in [0.29, 0.717) is 31.0 Å². The van der Waals surface area contributed by atoms with Gasteiger partial charge >= 0.3 is 0 Å². The SMILES string of the molecule is CCN(CC)C(=O)c1cnc(C(C)C)nc1C1CCC(CNC(=O)CC(C)(C)C)CC1. The minimum atomic E-state index is 0.0106. The molecule has 31 heavy (non-hydrogen) atoms. The van der Waals surface area contributed by atoms with E-state index in [2.05, 4.69) is 44.9 Å². The number of carbonyl (C=O) groups excluding carboxylic acids is 2. The number of nitrogens with zero attached hydrogens (tertiary/aromatic N) is 3. The van der Waals surface area contributed by atoms with E-state index < -0.39 is 0 Å². The smallest absolute Gasteiger partial charge is 0.257 e. The molecule has 1 heterocycles. The van der Waals surface area contributed by atoms with E-state index >= 15 is 0 Å². The molecule has 0 aromatic carbocycles. The van der Waals surface area contributed by atoms with Crippen LogP contribution >= 0.6 is 0 Å². The first-order chi connectivity index (χ1) is 14.6. The molecular formula is C25H42N4O2. The molecule has 1 N–H and O–H groups in total. The highest BCUT2D eigenvalue weighted by atomic mass is 16.2. The Morgan fingerprint density at radius 2 is 1.74 bits per heavy atom. The van der Waals surface area contributed by atoms with Gasteiger partial charge in [-0.05, 0) is 50.9 Å². The van der Waals surface area contributed by atoms with Crippen LogP contribution in [-0.2, 0) is 4.79 Å². The predicted octanol–water partition coefficient (Wildman–Crippen LogP) is 4.91. The Labute approximate surface area is 188 Å². The molecule has 1 fully saturated rings. The van der Waals surface area contributed by atoms with Gasteiger partial charge in [0.2, 0.25) is 5.91 Å². The molecule has 0 unspecified atom stereocenters. The van der Waals surface area contributed by atoms with Crippen LogP contribution in [0.2, 0.25) is 0 Å². The van der Waals surface area contributed by atoms with Gasteiger partial charge in [0.25, 0.3) is 5.91 Å². The number of hydrogen-bond acceptors (Lipinski definition) is 4. The fourth-order valence-corrected chi connectivity index (χ4v) is 4.29. The van der Waals surface area contributed by atoms with Gasteiger partial charge in [-0.25, -0.2) is 9.97 Å². The number of hydrogen-bond donors (Lipinski definition) is 1. The van der Waals surface area contributed by atoms with Gasteiger partial charge in [-0.3, -0.25) is 9.59 Å². The van der Waals surface area contributed by atoms with Gasteiger partial charge in [-0.2, -0.15) is 0 Å². The first kappa shape index (κ1) is 25.3. The third kappa shape index (κ3) is 7.29. The fourth-order valence-electron chi connectivity index (χ4n) is 4.29. The second-order valence-corrected chi connectivity index (χ2v) is 10.4. The molecule has 6 heteroatoms. The number of carbonyl (C=O) groups is 2. The Kier molecular flexibility index (Phi) is 9.01. The van der Waals surface area contributed by atoms with Crippen molar-refractivity contribution >= 4 is 11.8 Å². The maximum atomic E-state index is 13.1. The minimum Gasteiger partial charge on any atom is -0.356 e. The molecule has 1 aromatic rings. The molecule has 1 aromatic heterocycles. The zero-order valence-electron chi connectivity index (χ0n) is 20.6. The quantitative estimate of drug-likeness (QED) is 0.636. The summed E-state index contributed by atoms with van der Waals surface area (Å²) in [4.78, 5) is 36.5. The lowest BCUT2D eigenvalue weighted by Crippen LogP contribution is -2.34. The first-order valence-electron chi connectivity index (χ1n) is 12.0. The van der Waals surface area contributed by atoms with E-state index in [4.69, 9.17) is 4.98 Å². The van der Waals surface area contributed by atoms with E-state index in [0.717, 1.165) is 43.7 Å². The third-order valence-corrected chi connectivity index (χ3v) is 6.15. The van der Waals surface area contributed by atoms with Crippen LogP contribution in [0.5, 0.6) is 0 Å². The lowest BCUT2D eigenvalue weighted by atomic mass is 9.79. The van der Waals surface area contributed by atoms with Crippen molar-refractivity contribution in [2.75, 3.05) is 19.6 Å². The normalized spacial score (nSPS) is 19.4. The highest BCUT2D eigenvalue weighted by Crippen LogP contribution is 2.36. The molecule has 1 aliphatic carbocycles. The average Bonchev–Trinajstić information content (AvgIpc) is 2.71. The van der Waals surface area contributed by atoms with E-state index in [1.807, 2.05) is 18.7 Å². The standard InChI is InChI=1S/C25H42N4O2/c1-8-29(9-2)24(31)20-16-27-23(17(3)4)28-22(20)19-12-10-18(11-13-19)15-26-21(30)14-25(5,6)7/h16-19H,8-15H2,1-7H3,(H,26,30). The number of nitrogens with one attached hydrogen (secondary N) is 1. The Morgan fingerprint density at radius 3 is 2.26 bits per heavy atom. The van der Waals surface area contributed by atoms with Gasteiger partial charge in [-0.15, -0.1) is 0 Å². The zero-order chi connectivity index (χ0) is 23.2. The Hall–Kier alpha value is -1.98. The van der Waals surface area contributed by atoms with Crippen LogP contribution in [0.1, 0.15) is 114 Å². The number of rotatable bonds is 8. The number of aromatic nitrogens is 2. The van der Waals surface area contributed by atoms with Crippen LogP contribution in [0, 0.1) is 11.3 Å². The van der Waals surface area contributed by atoms with Gasteiger partial charge in [0.05, 0.1) is 11.3 Å². The van der Waals surface area contributed by atoms with Crippen LogP contribution in [0.3, 0.4) is 0 Å². The van der Waals surface area contributed by atoms with Crippen molar-refractivity contribution in [3.63, 3.8) is 0 Å². The summed E-state index contributed by atoms with van der Waals surface area (Å²) in [6, 6.07) is 0. The van der Waals surface area contributed by atoms with Gasteiger partial charge in [-0.1, -0.05) is 34.6 Å².